The van der Waals surface area contributed by atoms with Crippen molar-refractivity contribution in [3.8, 4) is 0 Å². The first-order valence-corrected chi connectivity index (χ1v) is 9.98. The fraction of sp³-hybridized carbons (Fsp3) is 0.905. The number of halogens is 1. The van der Waals surface area contributed by atoms with Gasteiger partial charge in [-0.05, 0) is 61.7 Å². The summed E-state index contributed by atoms with van der Waals surface area (Å²) in [5, 5.41) is 0. The SMILES string of the molecule is CCCC(C)C1(C2CCC(CC/C=C/F)CC2)CCCCC1. The maximum Gasteiger partial charge on any atom is 0.0827 e. The van der Waals surface area contributed by atoms with E-state index in [0.29, 0.717) is 5.41 Å². The molecule has 0 amide bonds. The van der Waals surface area contributed by atoms with Gasteiger partial charge in [-0.25, -0.2) is 4.39 Å². The van der Waals surface area contributed by atoms with Crippen LogP contribution in [0.4, 0.5) is 4.39 Å². The maximum atomic E-state index is 12.1. The Morgan fingerprint density at radius 3 is 2.36 bits per heavy atom. The van der Waals surface area contributed by atoms with Crippen LogP contribution in [0, 0.1) is 23.2 Å². The van der Waals surface area contributed by atoms with Gasteiger partial charge in [0.05, 0.1) is 6.33 Å². The molecule has 0 spiro atoms. The van der Waals surface area contributed by atoms with Gasteiger partial charge in [0.1, 0.15) is 0 Å². The Labute approximate surface area is 138 Å². The second-order valence-electron chi connectivity index (χ2n) is 8.14. The molecule has 2 rings (SSSR count). The van der Waals surface area contributed by atoms with Crippen LogP contribution < -0.4 is 0 Å². The van der Waals surface area contributed by atoms with Crippen LogP contribution in [0.3, 0.4) is 0 Å². The molecule has 0 aliphatic heterocycles. The van der Waals surface area contributed by atoms with E-state index in [4.69, 9.17) is 0 Å². The van der Waals surface area contributed by atoms with E-state index < -0.39 is 0 Å². The average molecular weight is 309 g/mol. The predicted molar refractivity (Wildman–Crippen MR) is 94.5 cm³/mol. The molecule has 128 valence electrons. The van der Waals surface area contributed by atoms with Gasteiger partial charge in [0.25, 0.3) is 0 Å². The second-order valence-corrected chi connectivity index (χ2v) is 8.14. The largest absolute Gasteiger partial charge is 0.216 e. The quantitative estimate of drug-likeness (QED) is 0.458. The van der Waals surface area contributed by atoms with Crippen LogP contribution in [-0.2, 0) is 0 Å². The van der Waals surface area contributed by atoms with Crippen LogP contribution in [0.2, 0.25) is 0 Å². The van der Waals surface area contributed by atoms with Crippen molar-refractivity contribution in [2.75, 3.05) is 0 Å². The van der Waals surface area contributed by atoms with Gasteiger partial charge in [-0.2, -0.15) is 0 Å². The third kappa shape index (κ3) is 4.36. The molecule has 2 aliphatic carbocycles. The third-order valence-corrected chi connectivity index (χ3v) is 6.98. The minimum Gasteiger partial charge on any atom is -0.216 e. The molecular weight excluding hydrogens is 271 g/mol. The summed E-state index contributed by atoms with van der Waals surface area (Å²) in [6.45, 7) is 4.90. The fourth-order valence-corrected chi connectivity index (χ4v) is 5.65. The summed E-state index contributed by atoms with van der Waals surface area (Å²) in [4.78, 5) is 0. The summed E-state index contributed by atoms with van der Waals surface area (Å²) in [5.74, 6) is 2.74. The zero-order valence-corrected chi connectivity index (χ0v) is 15.0. The molecule has 0 N–H and O–H groups in total. The van der Waals surface area contributed by atoms with Crippen molar-refractivity contribution in [2.45, 2.75) is 97.3 Å². The minimum atomic E-state index is 0.665. The molecule has 22 heavy (non-hydrogen) atoms. The van der Waals surface area contributed by atoms with Crippen molar-refractivity contribution in [2.24, 2.45) is 23.2 Å². The fourth-order valence-electron chi connectivity index (χ4n) is 5.65. The summed E-state index contributed by atoms with van der Waals surface area (Å²) >= 11 is 0. The van der Waals surface area contributed by atoms with Crippen molar-refractivity contribution in [3.63, 3.8) is 0 Å². The molecule has 2 aliphatic rings. The van der Waals surface area contributed by atoms with Gasteiger partial charge in [-0.15, -0.1) is 0 Å². The summed E-state index contributed by atoms with van der Waals surface area (Å²) in [6.07, 6.45) is 20.4. The van der Waals surface area contributed by atoms with E-state index in [9.17, 15) is 4.39 Å². The Hall–Kier alpha value is -0.330. The number of hydrogen-bond donors (Lipinski definition) is 0. The van der Waals surface area contributed by atoms with Gasteiger partial charge in [-0.1, -0.05) is 64.9 Å². The average Bonchev–Trinajstić information content (AvgIpc) is 2.56. The van der Waals surface area contributed by atoms with Crippen molar-refractivity contribution in [1.29, 1.82) is 0 Å². The van der Waals surface area contributed by atoms with Gasteiger partial charge in [-0.3, -0.25) is 0 Å². The van der Waals surface area contributed by atoms with E-state index in [2.05, 4.69) is 13.8 Å². The van der Waals surface area contributed by atoms with E-state index in [-0.39, 0.29) is 0 Å². The molecule has 0 bridgehead atoms. The van der Waals surface area contributed by atoms with Gasteiger partial charge < -0.3 is 0 Å². The molecule has 0 aromatic heterocycles. The van der Waals surface area contributed by atoms with Gasteiger partial charge in [0, 0.05) is 0 Å². The van der Waals surface area contributed by atoms with Crippen LogP contribution in [0.5, 0.6) is 0 Å². The molecule has 0 radical (unpaired) electrons. The Morgan fingerprint density at radius 1 is 1.09 bits per heavy atom. The lowest BCUT2D eigenvalue weighted by molar-refractivity contribution is -0.000758. The topological polar surface area (TPSA) is 0 Å². The van der Waals surface area contributed by atoms with Crippen molar-refractivity contribution in [3.05, 3.63) is 12.4 Å². The lowest BCUT2D eigenvalue weighted by Crippen LogP contribution is -2.40. The lowest BCUT2D eigenvalue weighted by Gasteiger charge is -2.50. The summed E-state index contributed by atoms with van der Waals surface area (Å²) in [6, 6.07) is 0. The first kappa shape index (κ1) is 18.0. The maximum absolute atomic E-state index is 12.1. The molecule has 2 saturated carbocycles. The Kier molecular flexibility index (Phi) is 7.44. The summed E-state index contributed by atoms with van der Waals surface area (Å²) in [5.41, 5.74) is 0.665. The first-order chi connectivity index (χ1) is 10.7. The summed E-state index contributed by atoms with van der Waals surface area (Å²) in [7, 11) is 0. The molecule has 0 nitrogen and oxygen atoms in total. The standard InChI is InChI=1S/C21H37F/c1-3-9-18(2)21(15-6-4-7-16-21)20-13-11-19(12-14-20)10-5-8-17-22/h8,17-20H,3-7,9-16H2,1-2H3/b17-8+. The Balaban J connectivity index is 1.92. The molecule has 0 aromatic rings. The van der Waals surface area contributed by atoms with Gasteiger partial charge in [0.2, 0.25) is 0 Å². The molecular formula is C21H37F. The molecule has 1 unspecified atom stereocenters. The third-order valence-electron chi connectivity index (χ3n) is 6.98. The van der Waals surface area contributed by atoms with E-state index >= 15 is 0 Å². The van der Waals surface area contributed by atoms with Gasteiger partial charge in [0.15, 0.2) is 0 Å². The van der Waals surface area contributed by atoms with Crippen molar-refractivity contribution < 1.29 is 4.39 Å². The van der Waals surface area contributed by atoms with Gasteiger partial charge >= 0.3 is 0 Å². The number of allylic oxidation sites excluding steroid dienone is 1. The summed E-state index contributed by atoms with van der Waals surface area (Å²) < 4.78 is 12.1. The van der Waals surface area contributed by atoms with Crippen LogP contribution in [0.1, 0.15) is 97.3 Å². The monoisotopic (exact) mass is 308 g/mol. The van der Waals surface area contributed by atoms with E-state index in [1.165, 1.54) is 77.0 Å². The van der Waals surface area contributed by atoms with E-state index in [1.807, 2.05) is 0 Å². The second kappa shape index (κ2) is 9.08. The molecule has 0 saturated heterocycles. The highest BCUT2D eigenvalue weighted by Crippen LogP contribution is 2.54. The Morgan fingerprint density at radius 2 is 1.77 bits per heavy atom. The normalized spacial score (nSPS) is 30.5. The van der Waals surface area contributed by atoms with E-state index in [0.717, 1.165) is 30.5 Å². The molecule has 1 atom stereocenters. The zero-order valence-electron chi connectivity index (χ0n) is 15.0. The molecule has 0 aromatic carbocycles. The molecule has 1 heteroatoms. The van der Waals surface area contributed by atoms with Crippen molar-refractivity contribution in [1.82, 2.24) is 0 Å². The highest BCUT2D eigenvalue weighted by atomic mass is 19.1. The first-order valence-electron chi connectivity index (χ1n) is 9.98. The van der Waals surface area contributed by atoms with Crippen LogP contribution in [-0.4, -0.2) is 0 Å². The lowest BCUT2D eigenvalue weighted by atomic mass is 9.55. The molecule has 2 fully saturated rings. The van der Waals surface area contributed by atoms with E-state index in [1.54, 1.807) is 6.08 Å². The highest BCUT2D eigenvalue weighted by Gasteiger charge is 2.44. The van der Waals surface area contributed by atoms with Crippen LogP contribution in [0.15, 0.2) is 12.4 Å². The van der Waals surface area contributed by atoms with Crippen LogP contribution >= 0.6 is 0 Å². The zero-order chi connectivity index (χ0) is 15.8. The molecule has 0 heterocycles. The van der Waals surface area contributed by atoms with Crippen LogP contribution in [0.25, 0.3) is 0 Å². The van der Waals surface area contributed by atoms with Crippen molar-refractivity contribution >= 4 is 0 Å². The number of hydrogen-bond acceptors (Lipinski definition) is 0. The minimum absolute atomic E-state index is 0.665. The highest BCUT2D eigenvalue weighted by molar-refractivity contribution is 4.94. The number of rotatable bonds is 7. The predicted octanol–water partition coefficient (Wildman–Crippen LogP) is 7.44. The Bertz CT molecular complexity index is 319. The smallest absolute Gasteiger partial charge is 0.0827 e.